The van der Waals surface area contributed by atoms with E-state index >= 15 is 0 Å². The van der Waals surface area contributed by atoms with Crippen LogP contribution in [0.25, 0.3) is 0 Å². The summed E-state index contributed by atoms with van der Waals surface area (Å²) in [5, 5.41) is 3.07. The number of nitrogens with zero attached hydrogens (tertiary/aromatic N) is 1. The average molecular weight is 423 g/mol. The van der Waals surface area contributed by atoms with Gasteiger partial charge in [-0.2, -0.15) is 0 Å². The van der Waals surface area contributed by atoms with Crippen molar-refractivity contribution < 1.29 is 19.1 Å². The normalized spacial score (nSPS) is 24.9. The third kappa shape index (κ3) is 4.23. The maximum Gasteiger partial charge on any atom is 0.254 e. The van der Waals surface area contributed by atoms with Gasteiger partial charge < -0.3 is 19.7 Å². The van der Waals surface area contributed by atoms with Gasteiger partial charge in [-0.1, -0.05) is 48.5 Å². The molecule has 0 saturated carbocycles. The Labute approximate surface area is 183 Å². The second kappa shape index (κ2) is 8.44. The predicted molar refractivity (Wildman–Crippen MR) is 118 cm³/mol. The summed E-state index contributed by atoms with van der Waals surface area (Å²) in [7, 11) is 0. The highest BCUT2D eigenvalue weighted by Gasteiger charge is 2.45. The minimum atomic E-state index is -0.639. The van der Waals surface area contributed by atoms with Crippen molar-refractivity contribution in [3.8, 4) is 0 Å². The summed E-state index contributed by atoms with van der Waals surface area (Å²) in [5.41, 5.74) is 2.30. The van der Waals surface area contributed by atoms with Crippen LogP contribution in [0.2, 0.25) is 0 Å². The number of ether oxygens (including phenoxy) is 2. The van der Waals surface area contributed by atoms with Crippen LogP contribution in [0.15, 0.2) is 54.6 Å². The van der Waals surface area contributed by atoms with Crippen molar-refractivity contribution in [3.05, 3.63) is 71.3 Å². The molecule has 3 atom stereocenters. The molecule has 0 bridgehead atoms. The van der Waals surface area contributed by atoms with Gasteiger partial charge in [-0.25, -0.2) is 0 Å². The zero-order chi connectivity index (χ0) is 22.2. The van der Waals surface area contributed by atoms with Gasteiger partial charge in [0.05, 0.1) is 18.6 Å². The molecule has 4 rings (SSSR count). The fraction of sp³-hybridized carbons (Fsp3) is 0.440. The van der Waals surface area contributed by atoms with Crippen molar-refractivity contribution in [1.29, 1.82) is 0 Å². The molecule has 1 unspecified atom stereocenters. The van der Waals surface area contributed by atoms with E-state index in [1.165, 1.54) is 0 Å². The zero-order valence-electron chi connectivity index (χ0n) is 18.5. The summed E-state index contributed by atoms with van der Waals surface area (Å²) < 4.78 is 11.5. The lowest BCUT2D eigenvalue weighted by Crippen LogP contribution is -2.50. The fourth-order valence-electron chi connectivity index (χ4n) is 4.59. The van der Waals surface area contributed by atoms with Crippen LogP contribution in [0.4, 0.5) is 0 Å². The molecular formula is C25H30N2O4. The lowest BCUT2D eigenvalue weighted by Gasteiger charge is -2.44. The van der Waals surface area contributed by atoms with Crippen LogP contribution >= 0.6 is 0 Å². The van der Waals surface area contributed by atoms with Crippen molar-refractivity contribution >= 4 is 11.8 Å². The second-order valence-corrected chi connectivity index (χ2v) is 8.92. The Morgan fingerprint density at radius 3 is 2.45 bits per heavy atom. The van der Waals surface area contributed by atoms with Gasteiger partial charge in [-0.05, 0) is 44.9 Å². The maximum absolute atomic E-state index is 13.6. The summed E-state index contributed by atoms with van der Waals surface area (Å²) in [6.07, 6.45) is -0.198. The summed E-state index contributed by atoms with van der Waals surface area (Å²) in [4.78, 5) is 28.8. The monoisotopic (exact) mass is 422 g/mol. The molecule has 1 N–H and O–H groups in total. The Hall–Kier alpha value is -2.70. The first-order chi connectivity index (χ1) is 14.8. The predicted octanol–water partition coefficient (Wildman–Crippen LogP) is 3.64. The molecule has 6 heteroatoms. The topological polar surface area (TPSA) is 67.9 Å². The summed E-state index contributed by atoms with van der Waals surface area (Å²) in [5.74, 6) is -1.32. The molecule has 2 heterocycles. The fourth-order valence-corrected chi connectivity index (χ4v) is 4.59. The Morgan fingerprint density at radius 2 is 1.81 bits per heavy atom. The first kappa shape index (κ1) is 21.5. The molecule has 1 saturated heterocycles. The largest absolute Gasteiger partial charge is 0.353 e. The lowest BCUT2D eigenvalue weighted by atomic mass is 9.78. The summed E-state index contributed by atoms with van der Waals surface area (Å²) in [6, 6.07) is 16.8. The molecule has 6 nitrogen and oxygen atoms in total. The molecule has 0 radical (unpaired) electrons. The number of benzene rings is 2. The van der Waals surface area contributed by atoms with Crippen LogP contribution < -0.4 is 5.32 Å². The standard InChI is InChI=1S/C25H30N2O4/c1-16(2)27-22(17-10-6-5-7-11-17)21(19-12-8-9-13-20(19)24(27)29)23(28)26-14-18-15-30-25(3,4)31-18/h5-13,16,18,21-22H,14-15H2,1-4H3,(H,26,28)/t18?,21-,22+/m1/s1. The van der Waals surface area contributed by atoms with Crippen LogP contribution in [-0.2, 0) is 14.3 Å². The Bertz CT molecular complexity index is 957. The molecule has 31 heavy (non-hydrogen) atoms. The number of amides is 2. The van der Waals surface area contributed by atoms with E-state index in [-0.39, 0.29) is 30.0 Å². The quantitative estimate of drug-likeness (QED) is 0.799. The van der Waals surface area contributed by atoms with E-state index in [1.54, 1.807) is 0 Å². The molecule has 1 fully saturated rings. The Kier molecular flexibility index (Phi) is 5.86. The summed E-state index contributed by atoms with van der Waals surface area (Å²) in [6.45, 7) is 8.50. The van der Waals surface area contributed by atoms with Crippen LogP contribution in [-0.4, -0.2) is 47.8 Å². The molecule has 2 aliphatic heterocycles. The van der Waals surface area contributed by atoms with Crippen molar-refractivity contribution in [1.82, 2.24) is 10.2 Å². The maximum atomic E-state index is 13.6. The number of fused-ring (bicyclic) bond motifs is 1. The third-order valence-corrected chi connectivity index (χ3v) is 5.93. The first-order valence-corrected chi connectivity index (χ1v) is 10.8. The van der Waals surface area contributed by atoms with Gasteiger partial charge in [0.15, 0.2) is 5.79 Å². The van der Waals surface area contributed by atoms with Crippen LogP contribution in [0.5, 0.6) is 0 Å². The Balaban J connectivity index is 1.70. The van der Waals surface area contributed by atoms with E-state index in [0.717, 1.165) is 11.1 Å². The average Bonchev–Trinajstić information content (AvgIpc) is 3.11. The first-order valence-electron chi connectivity index (χ1n) is 10.8. The number of carbonyl (C=O) groups is 2. The van der Waals surface area contributed by atoms with Crippen molar-refractivity contribution in [2.45, 2.75) is 57.6 Å². The number of rotatable bonds is 5. The van der Waals surface area contributed by atoms with Crippen LogP contribution in [0.1, 0.15) is 61.1 Å². The van der Waals surface area contributed by atoms with E-state index in [1.807, 2.05) is 87.2 Å². The molecule has 2 aliphatic rings. The van der Waals surface area contributed by atoms with E-state index in [2.05, 4.69) is 5.32 Å². The minimum absolute atomic E-state index is 0.0437. The minimum Gasteiger partial charge on any atom is -0.353 e. The van der Waals surface area contributed by atoms with E-state index < -0.39 is 11.7 Å². The van der Waals surface area contributed by atoms with Crippen molar-refractivity contribution in [2.24, 2.45) is 0 Å². The lowest BCUT2D eigenvalue weighted by molar-refractivity contribution is -0.140. The molecule has 0 aromatic heterocycles. The van der Waals surface area contributed by atoms with Crippen molar-refractivity contribution in [3.63, 3.8) is 0 Å². The van der Waals surface area contributed by atoms with E-state index in [9.17, 15) is 9.59 Å². The van der Waals surface area contributed by atoms with Gasteiger partial charge in [-0.3, -0.25) is 9.59 Å². The second-order valence-electron chi connectivity index (χ2n) is 8.92. The molecular weight excluding hydrogens is 392 g/mol. The summed E-state index contributed by atoms with van der Waals surface area (Å²) >= 11 is 0. The van der Waals surface area contributed by atoms with Gasteiger partial charge >= 0.3 is 0 Å². The molecule has 0 aliphatic carbocycles. The number of hydrogen-bond acceptors (Lipinski definition) is 4. The van der Waals surface area contributed by atoms with E-state index in [0.29, 0.717) is 18.7 Å². The third-order valence-electron chi connectivity index (χ3n) is 5.93. The smallest absolute Gasteiger partial charge is 0.254 e. The highest BCUT2D eigenvalue weighted by atomic mass is 16.7. The number of carbonyl (C=O) groups excluding carboxylic acids is 2. The van der Waals surface area contributed by atoms with Crippen LogP contribution in [0, 0.1) is 0 Å². The highest BCUT2D eigenvalue weighted by molar-refractivity contribution is 6.01. The van der Waals surface area contributed by atoms with Gasteiger partial charge in [0.1, 0.15) is 6.10 Å². The van der Waals surface area contributed by atoms with Crippen molar-refractivity contribution in [2.75, 3.05) is 13.2 Å². The van der Waals surface area contributed by atoms with Gasteiger partial charge in [0, 0.05) is 18.2 Å². The molecule has 2 aromatic carbocycles. The Morgan fingerprint density at radius 1 is 1.13 bits per heavy atom. The molecule has 2 amide bonds. The van der Waals surface area contributed by atoms with Gasteiger partial charge in [-0.15, -0.1) is 0 Å². The molecule has 0 spiro atoms. The van der Waals surface area contributed by atoms with E-state index in [4.69, 9.17) is 9.47 Å². The number of hydrogen-bond donors (Lipinski definition) is 1. The SMILES string of the molecule is CC(C)N1C(=O)c2ccccc2[C@@H](C(=O)NCC2COC(C)(C)O2)[C@@H]1c1ccccc1. The molecule has 164 valence electrons. The highest BCUT2D eigenvalue weighted by Crippen LogP contribution is 2.43. The van der Waals surface area contributed by atoms with Gasteiger partial charge in [0.25, 0.3) is 5.91 Å². The molecule has 2 aromatic rings. The zero-order valence-corrected chi connectivity index (χ0v) is 18.5. The van der Waals surface area contributed by atoms with Crippen LogP contribution in [0.3, 0.4) is 0 Å². The number of nitrogens with one attached hydrogen (secondary N) is 1. The van der Waals surface area contributed by atoms with Gasteiger partial charge in [0.2, 0.25) is 5.91 Å².